The van der Waals surface area contributed by atoms with E-state index in [0.717, 1.165) is 36.9 Å². The number of allylic oxidation sites excluding steroid dienone is 1. The Morgan fingerprint density at radius 3 is 2.64 bits per heavy atom. The summed E-state index contributed by atoms with van der Waals surface area (Å²) in [5.74, 6) is -0.728. The smallest absolute Gasteiger partial charge is 0.329 e. The second-order valence-electron chi connectivity index (χ2n) is 7.18. The van der Waals surface area contributed by atoms with Gasteiger partial charge in [-0.05, 0) is 31.8 Å². The molecule has 3 heterocycles. The number of carbonyl (C=O) groups excluding carboxylic acids is 2. The van der Waals surface area contributed by atoms with Crippen molar-refractivity contribution in [3.05, 3.63) is 33.8 Å². The van der Waals surface area contributed by atoms with E-state index in [1.165, 1.54) is 4.57 Å². The number of hydrogen-bond donors (Lipinski definition) is 2. The maximum Gasteiger partial charge on any atom is 0.329 e. The number of imidazole rings is 1. The van der Waals surface area contributed by atoms with E-state index in [1.807, 2.05) is 13.0 Å². The fourth-order valence-electron chi connectivity index (χ4n) is 3.74. The van der Waals surface area contributed by atoms with Gasteiger partial charge in [-0.1, -0.05) is 18.7 Å². The van der Waals surface area contributed by atoms with E-state index in [0.29, 0.717) is 24.5 Å². The lowest BCUT2D eigenvalue weighted by Gasteiger charge is -2.27. The van der Waals surface area contributed by atoms with Crippen molar-refractivity contribution in [2.24, 2.45) is 7.05 Å². The number of carbonyl (C=O) groups is 2. The minimum Gasteiger partial charge on any atom is -0.376 e. The molecule has 2 fully saturated rings. The van der Waals surface area contributed by atoms with Gasteiger partial charge in [-0.15, -0.1) is 0 Å². The molecule has 152 valence electrons. The molecular weight excluding hydrogens is 360 g/mol. The second-order valence-corrected chi connectivity index (χ2v) is 7.18. The van der Waals surface area contributed by atoms with Crippen molar-refractivity contribution < 1.29 is 14.3 Å². The predicted molar refractivity (Wildman–Crippen MR) is 106 cm³/mol. The molecule has 2 aliphatic heterocycles. The summed E-state index contributed by atoms with van der Waals surface area (Å²) >= 11 is 0. The third-order valence-electron chi connectivity index (χ3n) is 5.36. The van der Waals surface area contributed by atoms with E-state index in [9.17, 15) is 14.4 Å². The van der Waals surface area contributed by atoms with E-state index in [4.69, 9.17) is 4.74 Å². The normalized spacial score (nSPS) is 22.1. The molecule has 0 bridgehead atoms. The van der Waals surface area contributed by atoms with Crippen LogP contribution in [0.1, 0.15) is 38.6 Å². The molecule has 28 heavy (non-hydrogen) atoms. The van der Waals surface area contributed by atoms with Gasteiger partial charge in [0.05, 0.1) is 16.8 Å². The Kier molecular flexibility index (Phi) is 6.31. The van der Waals surface area contributed by atoms with E-state index in [1.54, 1.807) is 17.7 Å². The Hall–Kier alpha value is -2.45. The van der Waals surface area contributed by atoms with Crippen LogP contribution in [0.4, 0.5) is 0 Å². The minimum absolute atomic E-state index is 0.224. The summed E-state index contributed by atoms with van der Waals surface area (Å²) in [5, 5.41) is 6.95. The molecule has 0 radical (unpaired) electrons. The van der Waals surface area contributed by atoms with Crippen molar-refractivity contribution in [3.8, 4) is 0 Å². The van der Waals surface area contributed by atoms with Gasteiger partial charge in [0.25, 0.3) is 0 Å². The number of aromatic nitrogens is 2. The highest BCUT2D eigenvalue weighted by Crippen LogP contribution is 2.15. The Bertz CT molecular complexity index is 952. The summed E-state index contributed by atoms with van der Waals surface area (Å²) in [4.78, 5) is 36.7. The van der Waals surface area contributed by atoms with Gasteiger partial charge in [0.15, 0.2) is 0 Å². The van der Waals surface area contributed by atoms with Crippen LogP contribution in [-0.4, -0.2) is 46.7 Å². The molecule has 3 rings (SSSR count). The molecule has 2 aliphatic rings. The SMILES string of the molecule is C=C/C(CCCOC1CNC1)=c1\c(=C/C)n(C2CCC(=O)NC2=O)c(=O)n1C. The maximum atomic E-state index is 12.9. The summed E-state index contributed by atoms with van der Waals surface area (Å²) in [6.45, 7) is 8.21. The monoisotopic (exact) mass is 388 g/mol. The van der Waals surface area contributed by atoms with Crippen molar-refractivity contribution in [2.45, 2.75) is 44.8 Å². The Morgan fingerprint density at radius 2 is 2.07 bits per heavy atom. The second kappa shape index (κ2) is 8.70. The first-order valence-electron chi connectivity index (χ1n) is 9.73. The molecule has 1 aromatic rings. The molecule has 0 spiro atoms. The summed E-state index contributed by atoms with van der Waals surface area (Å²) in [6.07, 6.45) is 5.98. The standard InChI is InChI=1S/C20H28N4O4/c1-4-13(7-6-10-28-14-11-21-12-14)18-15(5-2)24(20(27)23(18)3)16-8-9-17(25)22-19(16)26/h4-5,14,16,21H,1,6-12H2,2-3H3,(H,22,25,26)/b15-5+,18-13-. The van der Waals surface area contributed by atoms with Gasteiger partial charge in [-0.25, -0.2) is 4.79 Å². The van der Waals surface area contributed by atoms with Crippen LogP contribution >= 0.6 is 0 Å². The van der Waals surface area contributed by atoms with E-state index < -0.39 is 11.9 Å². The molecule has 1 atom stereocenters. The number of piperidine rings is 1. The van der Waals surface area contributed by atoms with Gasteiger partial charge in [-0.3, -0.25) is 24.0 Å². The van der Waals surface area contributed by atoms with Crippen molar-refractivity contribution in [1.82, 2.24) is 19.8 Å². The molecule has 8 nitrogen and oxygen atoms in total. The maximum absolute atomic E-state index is 12.9. The third-order valence-corrected chi connectivity index (χ3v) is 5.36. The van der Waals surface area contributed by atoms with Crippen LogP contribution in [-0.2, 0) is 21.4 Å². The average molecular weight is 388 g/mol. The van der Waals surface area contributed by atoms with Crippen molar-refractivity contribution >= 4 is 23.5 Å². The summed E-state index contributed by atoms with van der Waals surface area (Å²) < 4.78 is 8.83. The molecule has 0 saturated carbocycles. The Labute approximate surface area is 163 Å². The molecule has 1 unspecified atom stereocenters. The number of hydrogen-bond acceptors (Lipinski definition) is 5. The van der Waals surface area contributed by atoms with Gasteiger partial charge < -0.3 is 10.1 Å². The van der Waals surface area contributed by atoms with Gasteiger partial charge in [0.2, 0.25) is 11.8 Å². The van der Waals surface area contributed by atoms with Gasteiger partial charge in [0.1, 0.15) is 6.04 Å². The third kappa shape index (κ3) is 3.88. The number of amides is 2. The zero-order valence-corrected chi connectivity index (χ0v) is 16.5. The summed E-state index contributed by atoms with van der Waals surface area (Å²) in [6, 6.07) is -0.683. The highest BCUT2D eigenvalue weighted by atomic mass is 16.5. The average Bonchev–Trinajstić information content (AvgIpc) is 2.88. The molecule has 8 heteroatoms. The summed E-state index contributed by atoms with van der Waals surface area (Å²) in [5.41, 5.74) is 0.669. The number of nitrogens with zero attached hydrogens (tertiary/aromatic N) is 2. The quantitative estimate of drug-likeness (QED) is 0.465. The van der Waals surface area contributed by atoms with Crippen LogP contribution in [0.2, 0.25) is 0 Å². The lowest BCUT2D eigenvalue weighted by Crippen LogP contribution is -2.48. The first kappa shape index (κ1) is 20.3. The van der Waals surface area contributed by atoms with E-state index in [-0.39, 0.29) is 18.0 Å². The molecule has 0 aliphatic carbocycles. The van der Waals surface area contributed by atoms with Crippen molar-refractivity contribution in [1.29, 1.82) is 0 Å². The largest absolute Gasteiger partial charge is 0.376 e. The molecule has 1 aromatic heterocycles. The number of rotatable bonds is 7. The number of imide groups is 1. The number of ether oxygens (including phenoxy) is 1. The van der Waals surface area contributed by atoms with Crippen molar-refractivity contribution in [3.63, 3.8) is 0 Å². The Balaban J connectivity index is 1.94. The zero-order chi connectivity index (χ0) is 20.3. The molecule has 2 amide bonds. The molecular formula is C20H28N4O4. The Morgan fingerprint density at radius 1 is 1.32 bits per heavy atom. The minimum atomic E-state index is -0.683. The fourth-order valence-corrected chi connectivity index (χ4v) is 3.74. The lowest BCUT2D eigenvalue weighted by molar-refractivity contribution is -0.135. The van der Waals surface area contributed by atoms with Gasteiger partial charge in [0, 0.05) is 33.2 Å². The first-order valence-corrected chi connectivity index (χ1v) is 9.73. The van der Waals surface area contributed by atoms with E-state index in [2.05, 4.69) is 17.2 Å². The van der Waals surface area contributed by atoms with Crippen LogP contribution in [0.3, 0.4) is 0 Å². The first-order chi connectivity index (χ1) is 13.5. The van der Waals surface area contributed by atoms with Crippen LogP contribution in [0, 0.1) is 0 Å². The van der Waals surface area contributed by atoms with Gasteiger partial charge >= 0.3 is 5.69 Å². The molecule has 2 saturated heterocycles. The van der Waals surface area contributed by atoms with E-state index >= 15 is 0 Å². The lowest BCUT2D eigenvalue weighted by atomic mass is 10.1. The fraction of sp³-hybridized carbons (Fsp3) is 0.550. The van der Waals surface area contributed by atoms with Crippen LogP contribution in [0.15, 0.2) is 17.4 Å². The molecule has 0 aromatic carbocycles. The predicted octanol–water partition coefficient (Wildman–Crippen LogP) is -0.930. The topological polar surface area (TPSA) is 94.4 Å². The number of nitrogens with one attached hydrogen (secondary N) is 2. The summed E-state index contributed by atoms with van der Waals surface area (Å²) in [7, 11) is 1.70. The van der Waals surface area contributed by atoms with Crippen LogP contribution < -0.4 is 27.0 Å². The zero-order valence-electron chi connectivity index (χ0n) is 16.5. The highest BCUT2D eigenvalue weighted by Gasteiger charge is 2.30. The highest BCUT2D eigenvalue weighted by molar-refractivity contribution is 5.99. The van der Waals surface area contributed by atoms with Crippen LogP contribution in [0.5, 0.6) is 0 Å². The van der Waals surface area contributed by atoms with Gasteiger partial charge in [-0.2, -0.15) is 0 Å². The molecule has 2 N–H and O–H groups in total. The van der Waals surface area contributed by atoms with Crippen LogP contribution in [0.25, 0.3) is 11.6 Å². The van der Waals surface area contributed by atoms with Crippen molar-refractivity contribution in [2.75, 3.05) is 19.7 Å².